The quantitative estimate of drug-likeness (QED) is 0.607. The van der Waals surface area contributed by atoms with Crippen molar-refractivity contribution in [2.45, 2.75) is 19.1 Å². The molecule has 1 aromatic heterocycles. The second-order valence-electron chi connectivity index (χ2n) is 7.41. The highest BCUT2D eigenvalue weighted by atomic mass is 19.4. The van der Waals surface area contributed by atoms with Gasteiger partial charge in [0.2, 0.25) is 5.91 Å². The fourth-order valence-corrected chi connectivity index (χ4v) is 3.60. The minimum absolute atomic E-state index is 0.0203. The van der Waals surface area contributed by atoms with Crippen LogP contribution in [0.2, 0.25) is 0 Å². The Labute approximate surface area is 182 Å². The van der Waals surface area contributed by atoms with Gasteiger partial charge in [0, 0.05) is 24.5 Å². The molecule has 2 heterocycles. The van der Waals surface area contributed by atoms with Crippen LogP contribution in [0.3, 0.4) is 0 Å². The molecule has 166 valence electrons. The van der Waals surface area contributed by atoms with E-state index in [0.717, 1.165) is 11.6 Å². The van der Waals surface area contributed by atoms with Gasteiger partial charge in [-0.2, -0.15) is 13.2 Å². The van der Waals surface area contributed by atoms with Gasteiger partial charge in [-0.25, -0.2) is 0 Å². The summed E-state index contributed by atoms with van der Waals surface area (Å²) in [7, 11) is 0. The van der Waals surface area contributed by atoms with Crippen molar-refractivity contribution in [3.05, 3.63) is 83.3 Å². The van der Waals surface area contributed by atoms with Gasteiger partial charge in [-0.15, -0.1) is 0 Å². The number of nitrogens with one attached hydrogen (secondary N) is 2. The Kier molecular flexibility index (Phi) is 5.89. The van der Waals surface area contributed by atoms with E-state index < -0.39 is 17.6 Å². The lowest BCUT2D eigenvalue weighted by molar-refractivity contribution is -0.137. The smallest absolute Gasteiger partial charge is 0.418 e. The van der Waals surface area contributed by atoms with Gasteiger partial charge in [0.05, 0.1) is 23.9 Å². The molecule has 0 saturated heterocycles. The summed E-state index contributed by atoms with van der Waals surface area (Å²) in [5.74, 6) is -0.877. The largest absolute Gasteiger partial charge is 0.472 e. The zero-order valence-corrected chi connectivity index (χ0v) is 16.9. The number of carbonyl (C=O) groups is 2. The van der Waals surface area contributed by atoms with Gasteiger partial charge in [0.1, 0.15) is 6.26 Å². The average molecular weight is 443 g/mol. The van der Waals surface area contributed by atoms with E-state index in [4.69, 9.17) is 4.42 Å². The van der Waals surface area contributed by atoms with E-state index in [0.29, 0.717) is 19.5 Å². The summed E-state index contributed by atoms with van der Waals surface area (Å²) in [6.07, 6.45) is -1.48. The Balaban J connectivity index is 1.45. The third-order valence-electron chi connectivity index (χ3n) is 5.28. The number of rotatable bonds is 5. The molecule has 0 spiro atoms. The molecule has 4 rings (SSSR count). The normalized spacial score (nSPS) is 13.4. The van der Waals surface area contributed by atoms with E-state index in [1.54, 1.807) is 4.90 Å². The molecular formula is C23H20F3N3O3. The van der Waals surface area contributed by atoms with Crippen LogP contribution in [0.25, 0.3) is 0 Å². The first kappa shape index (κ1) is 21.5. The van der Waals surface area contributed by atoms with Crippen LogP contribution in [0.1, 0.15) is 27.0 Å². The number of anilines is 2. The first-order valence-electron chi connectivity index (χ1n) is 9.94. The van der Waals surface area contributed by atoms with Crippen molar-refractivity contribution in [2.75, 3.05) is 23.7 Å². The van der Waals surface area contributed by atoms with Crippen LogP contribution in [0.15, 0.2) is 65.5 Å². The van der Waals surface area contributed by atoms with Gasteiger partial charge in [-0.1, -0.05) is 24.3 Å². The van der Waals surface area contributed by atoms with Crippen LogP contribution < -0.4 is 10.6 Å². The maximum atomic E-state index is 13.6. The number of hydrogen-bond acceptors (Lipinski definition) is 4. The van der Waals surface area contributed by atoms with Gasteiger partial charge >= 0.3 is 6.18 Å². The standard InChI is InChI=1S/C23H20F3N3O3/c24-23(25,26)19-11-18(28-22(31)17-8-10-32-14-17)5-6-20(19)27-12-21(30)29-9-7-15-3-1-2-4-16(15)13-29/h1-6,8,10-11,14,27H,7,9,12-13H2,(H,28,31). The van der Waals surface area contributed by atoms with E-state index in [-0.39, 0.29) is 29.4 Å². The minimum atomic E-state index is -4.67. The zero-order chi connectivity index (χ0) is 22.7. The van der Waals surface area contributed by atoms with E-state index in [1.165, 1.54) is 36.3 Å². The fourth-order valence-electron chi connectivity index (χ4n) is 3.60. The van der Waals surface area contributed by atoms with Crippen LogP contribution in [-0.4, -0.2) is 29.8 Å². The van der Waals surface area contributed by atoms with Crippen molar-refractivity contribution in [3.8, 4) is 0 Å². The summed E-state index contributed by atoms with van der Waals surface area (Å²) in [4.78, 5) is 26.3. The van der Waals surface area contributed by atoms with Crippen molar-refractivity contribution in [3.63, 3.8) is 0 Å². The van der Waals surface area contributed by atoms with E-state index in [9.17, 15) is 22.8 Å². The first-order chi connectivity index (χ1) is 15.3. The zero-order valence-electron chi connectivity index (χ0n) is 16.9. The van der Waals surface area contributed by atoms with Gasteiger partial charge in [-0.05, 0) is 41.8 Å². The Hall–Kier alpha value is -3.75. The number of amides is 2. The summed E-state index contributed by atoms with van der Waals surface area (Å²) in [5, 5.41) is 5.02. The number of furan rings is 1. The van der Waals surface area contributed by atoms with Gasteiger partial charge in [-0.3, -0.25) is 9.59 Å². The highest BCUT2D eigenvalue weighted by Crippen LogP contribution is 2.36. The Morgan fingerprint density at radius 3 is 2.56 bits per heavy atom. The average Bonchev–Trinajstić information content (AvgIpc) is 3.32. The summed E-state index contributed by atoms with van der Waals surface area (Å²) in [6.45, 7) is 0.677. The molecular weight excluding hydrogens is 423 g/mol. The fraction of sp³-hybridized carbons (Fsp3) is 0.217. The summed E-state index contributed by atoms with van der Waals surface area (Å²) in [6, 6.07) is 12.6. The first-order valence-corrected chi connectivity index (χ1v) is 9.94. The van der Waals surface area contributed by atoms with Crippen molar-refractivity contribution in [1.82, 2.24) is 4.90 Å². The third-order valence-corrected chi connectivity index (χ3v) is 5.28. The van der Waals surface area contributed by atoms with Crippen LogP contribution in [0.5, 0.6) is 0 Å². The minimum Gasteiger partial charge on any atom is -0.472 e. The predicted octanol–water partition coefficient (Wildman–Crippen LogP) is 4.55. The molecule has 0 aliphatic carbocycles. The second kappa shape index (κ2) is 8.78. The van der Waals surface area contributed by atoms with Gasteiger partial charge in [0.15, 0.2) is 0 Å². The van der Waals surface area contributed by atoms with Crippen LogP contribution in [0, 0.1) is 0 Å². The molecule has 0 unspecified atom stereocenters. The van der Waals surface area contributed by atoms with Crippen LogP contribution in [-0.2, 0) is 23.9 Å². The number of alkyl halides is 3. The highest BCUT2D eigenvalue weighted by Gasteiger charge is 2.34. The molecule has 0 atom stereocenters. The summed E-state index contributed by atoms with van der Waals surface area (Å²) >= 11 is 0. The number of carbonyl (C=O) groups excluding carboxylic acids is 2. The monoisotopic (exact) mass is 443 g/mol. The van der Waals surface area contributed by atoms with Gasteiger partial charge < -0.3 is 20.0 Å². The summed E-state index contributed by atoms with van der Waals surface area (Å²) < 4.78 is 45.7. The SMILES string of the molecule is O=C(Nc1ccc(NCC(=O)N2CCc3ccccc3C2)c(C(F)(F)F)c1)c1ccoc1. The molecule has 0 saturated carbocycles. The molecule has 2 amide bonds. The molecule has 9 heteroatoms. The Morgan fingerprint density at radius 2 is 1.84 bits per heavy atom. The molecule has 32 heavy (non-hydrogen) atoms. The molecule has 2 N–H and O–H groups in total. The second-order valence-corrected chi connectivity index (χ2v) is 7.41. The maximum absolute atomic E-state index is 13.6. The maximum Gasteiger partial charge on any atom is 0.418 e. The van der Waals surface area contributed by atoms with Crippen LogP contribution >= 0.6 is 0 Å². The summed E-state index contributed by atoms with van der Waals surface area (Å²) in [5.41, 5.74) is 1.18. The topological polar surface area (TPSA) is 74.6 Å². The lowest BCUT2D eigenvalue weighted by Crippen LogP contribution is -2.39. The lowest BCUT2D eigenvalue weighted by atomic mass is 10.00. The number of halogens is 3. The van der Waals surface area contributed by atoms with Crippen molar-refractivity contribution in [2.24, 2.45) is 0 Å². The Morgan fingerprint density at radius 1 is 1.06 bits per heavy atom. The number of hydrogen-bond donors (Lipinski definition) is 2. The van der Waals surface area contributed by atoms with Crippen molar-refractivity contribution in [1.29, 1.82) is 0 Å². The van der Waals surface area contributed by atoms with Crippen molar-refractivity contribution >= 4 is 23.2 Å². The van der Waals surface area contributed by atoms with E-state index in [2.05, 4.69) is 10.6 Å². The molecule has 1 aliphatic heterocycles. The van der Waals surface area contributed by atoms with Crippen LogP contribution in [0.4, 0.5) is 24.5 Å². The van der Waals surface area contributed by atoms with Gasteiger partial charge in [0.25, 0.3) is 5.91 Å². The van der Waals surface area contributed by atoms with E-state index in [1.807, 2.05) is 24.3 Å². The molecule has 0 fully saturated rings. The molecule has 2 aromatic carbocycles. The highest BCUT2D eigenvalue weighted by molar-refractivity contribution is 6.04. The molecule has 0 radical (unpaired) electrons. The van der Waals surface area contributed by atoms with Crippen molar-refractivity contribution < 1.29 is 27.2 Å². The Bertz CT molecular complexity index is 1130. The molecule has 0 bridgehead atoms. The number of fused-ring (bicyclic) bond motifs is 1. The predicted molar refractivity (Wildman–Crippen MR) is 112 cm³/mol. The van der Waals surface area contributed by atoms with E-state index >= 15 is 0 Å². The molecule has 1 aliphatic rings. The lowest BCUT2D eigenvalue weighted by Gasteiger charge is -2.29. The number of nitrogens with zero attached hydrogens (tertiary/aromatic N) is 1. The number of benzene rings is 2. The molecule has 6 nitrogen and oxygen atoms in total. The molecule has 3 aromatic rings. The third kappa shape index (κ3) is 4.77.